The maximum atomic E-state index is 3.75. The van der Waals surface area contributed by atoms with E-state index in [4.69, 9.17) is 0 Å². The van der Waals surface area contributed by atoms with Crippen molar-refractivity contribution in [1.29, 1.82) is 0 Å². The summed E-state index contributed by atoms with van der Waals surface area (Å²) in [6.07, 6.45) is 5.10. The number of nitrogens with zero attached hydrogens (tertiary/aromatic N) is 1. The molecule has 0 radical (unpaired) electrons. The van der Waals surface area contributed by atoms with Crippen molar-refractivity contribution in [1.82, 2.24) is 10.2 Å². The molecule has 2 nitrogen and oxygen atoms in total. The molecule has 2 heteroatoms. The third kappa shape index (κ3) is 3.08. The third-order valence-corrected chi connectivity index (χ3v) is 5.52. The molecule has 1 N–H and O–H groups in total. The van der Waals surface area contributed by atoms with Gasteiger partial charge in [-0.2, -0.15) is 0 Å². The van der Waals surface area contributed by atoms with Gasteiger partial charge in [0.2, 0.25) is 0 Å². The van der Waals surface area contributed by atoms with Gasteiger partial charge in [-0.05, 0) is 32.1 Å². The molecule has 0 amide bonds. The summed E-state index contributed by atoms with van der Waals surface area (Å²) < 4.78 is 0. The van der Waals surface area contributed by atoms with Crippen LogP contribution < -0.4 is 5.32 Å². The highest BCUT2D eigenvalue weighted by molar-refractivity contribution is 4.96. The first-order valence-corrected chi connectivity index (χ1v) is 8.04. The molecule has 1 fully saturated rings. The number of hydrogen-bond donors (Lipinski definition) is 1. The zero-order chi connectivity index (χ0) is 13.8. The Hall–Kier alpha value is -0.0800. The van der Waals surface area contributed by atoms with Gasteiger partial charge in [-0.1, -0.05) is 41.0 Å². The molecule has 1 aliphatic rings. The van der Waals surface area contributed by atoms with Crippen molar-refractivity contribution in [3.8, 4) is 0 Å². The van der Waals surface area contributed by atoms with Crippen LogP contribution in [0.3, 0.4) is 0 Å². The summed E-state index contributed by atoms with van der Waals surface area (Å²) in [5.74, 6) is 0.781. The second-order valence-corrected chi connectivity index (χ2v) is 6.19. The molecule has 3 atom stereocenters. The van der Waals surface area contributed by atoms with E-state index in [0.717, 1.165) is 12.5 Å². The molecular formula is C16H34N2. The first kappa shape index (κ1) is 16.0. The number of rotatable bonds is 6. The Morgan fingerprint density at radius 3 is 2.17 bits per heavy atom. The fraction of sp³-hybridized carbons (Fsp3) is 1.00. The summed E-state index contributed by atoms with van der Waals surface area (Å²) in [5, 5.41) is 3.75. The fourth-order valence-electron chi connectivity index (χ4n) is 3.57. The molecule has 0 bridgehead atoms. The first-order chi connectivity index (χ1) is 8.54. The smallest absolute Gasteiger partial charge is 0.0221 e. The second-order valence-electron chi connectivity index (χ2n) is 6.19. The van der Waals surface area contributed by atoms with E-state index in [2.05, 4.69) is 51.8 Å². The van der Waals surface area contributed by atoms with E-state index in [9.17, 15) is 0 Å². The summed E-state index contributed by atoms with van der Waals surface area (Å²) in [6.45, 7) is 16.5. The minimum Gasteiger partial charge on any atom is -0.311 e. The van der Waals surface area contributed by atoms with Crippen molar-refractivity contribution in [3.05, 3.63) is 0 Å². The first-order valence-electron chi connectivity index (χ1n) is 8.04. The minimum atomic E-state index is 0.424. The molecule has 1 rings (SSSR count). The monoisotopic (exact) mass is 254 g/mol. The highest BCUT2D eigenvalue weighted by atomic mass is 15.3. The largest absolute Gasteiger partial charge is 0.311 e. The average Bonchev–Trinajstić information content (AvgIpc) is 2.42. The van der Waals surface area contributed by atoms with Crippen molar-refractivity contribution in [2.24, 2.45) is 5.92 Å². The topological polar surface area (TPSA) is 15.3 Å². The van der Waals surface area contributed by atoms with Gasteiger partial charge in [0.05, 0.1) is 0 Å². The molecule has 0 saturated carbocycles. The second kappa shape index (κ2) is 6.91. The summed E-state index contributed by atoms with van der Waals surface area (Å²) in [6, 6.07) is 1.35. The summed E-state index contributed by atoms with van der Waals surface area (Å²) >= 11 is 0. The predicted octanol–water partition coefficient (Wildman–Crippen LogP) is 3.66. The molecule has 0 aromatic carbocycles. The molecule has 1 saturated heterocycles. The van der Waals surface area contributed by atoms with E-state index >= 15 is 0 Å². The number of hydrogen-bond acceptors (Lipinski definition) is 2. The Labute approximate surface area is 115 Å². The van der Waals surface area contributed by atoms with Crippen LogP contribution in [0.15, 0.2) is 0 Å². The standard InChI is InChI=1S/C16H34N2/c1-7-13(5)15-12-18(14(6)11-17-15)16(8-2,9-3)10-4/h13-15,17H,7-12H2,1-6H3. The van der Waals surface area contributed by atoms with Crippen LogP contribution in [-0.4, -0.2) is 35.6 Å². The fourth-order valence-corrected chi connectivity index (χ4v) is 3.57. The lowest BCUT2D eigenvalue weighted by Gasteiger charge is -2.51. The van der Waals surface area contributed by atoms with Crippen LogP contribution >= 0.6 is 0 Å². The molecule has 3 unspecified atom stereocenters. The highest BCUT2D eigenvalue weighted by Gasteiger charge is 2.39. The summed E-state index contributed by atoms with van der Waals surface area (Å²) in [5.41, 5.74) is 0.424. The van der Waals surface area contributed by atoms with Crippen LogP contribution in [-0.2, 0) is 0 Å². The van der Waals surface area contributed by atoms with E-state index in [1.807, 2.05) is 0 Å². The van der Waals surface area contributed by atoms with Gasteiger partial charge < -0.3 is 5.32 Å². The normalized spacial score (nSPS) is 28.3. The van der Waals surface area contributed by atoms with Crippen LogP contribution in [0, 0.1) is 5.92 Å². The van der Waals surface area contributed by atoms with Crippen LogP contribution in [0.1, 0.15) is 67.2 Å². The van der Waals surface area contributed by atoms with Gasteiger partial charge in [-0.15, -0.1) is 0 Å². The number of nitrogens with one attached hydrogen (secondary N) is 1. The van der Waals surface area contributed by atoms with Gasteiger partial charge in [0.25, 0.3) is 0 Å². The van der Waals surface area contributed by atoms with Gasteiger partial charge in [0.1, 0.15) is 0 Å². The molecule has 1 heterocycles. The van der Waals surface area contributed by atoms with Gasteiger partial charge in [-0.3, -0.25) is 4.90 Å². The van der Waals surface area contributed by atoms with Gasteiger partial charge in [0.15, 0.2) is 0 Å². The molecule has 0 aromatic heterocycles. The van der Waals surface area contributed by atoms with Crippen molar-refractivity contribution in [3.63, 3.8) is 0 Å². The molecule has 0 spiro atoms. The lowest BCUT2D eigenvalue weighted by atomic mass is 9.83. The van der Waals surface area contributed by atoms with Crippen LogP contribution in [0.2, 0.25) is 0 Å². The average molecular weight is 254 g/mol. The van der Waals surface area contributed by atoms with Crippen molar-refractivity contribution >= 4 is 0 Å². The van der Waals surface area contributed by atoms with E-state index < -0.39 is 0 Å². The molecule has 1 aliphatic heterocycles. The summed E-state index contributed by atoms with van der Waals surface area (Å²) in [4.78, 5) is 2.81. The van der Waals surface area contributed by atoms with Crippen molar-refractivity contribution in [2.45, 2.75) is 84.8 Å². The maximum Gasteiger partial charge on any atom is 0.0221 e. The molecule has 0 aliphatic carbocycles. The predicted molar refractivity (Wildman–Crippen MR) is 81.0 cm³/mol. The van der Waals surface area contributed by atoms with Crippen LogP contribution in [0.25, 0.3) is 0 Å². The quantitative estimate of drug-likeness (QED) is 0.778. The Morgan fingerprint density at radius 2 is 1.72 bits per heavy atom. The van der Waals surface area contributed by atoms with E-state index in [0.29, 0.717) is 17.6 Å². The third-order valence-electron chi connectivity index (χ3n) is 5.52. The molecule has 108 valence electrons. The number of piperazine rings is 1. The van der Waals surface area contributed by atoms with Crippen molar-refractivity contribution < 1.29 is 0 Å². The SMILES string of the molecule is CCC(C)C1CN(C(CC)(CC)CC)C(C)CN1. The Balaban J connectivity index is 2.83. The Bertz CT molecular complexity index is 227. The molecular weight excluding hydrogens is 220 g/mol. The Morgan fingerprint density at radius 1 is 1.17 bits per heavy atom. The van der Waals surface area contributed by atoms with E-state index in [1.165, 1.54) is 32.2 Å². The van der Waals surface area contributed by atoms with E-state index in [1.54, 1.807) is 0 Å². The molecule has 18 heavy (non-hydrogen) atoms. The minimum absolute atomic E-state index is 0.424. The maximum absolute atomic E-state index is 3.75. The lowest BCUT2D eigenvalue weighted by molar-refractivity contribution is -0.00151. The van der Waals surface area contributed by atoms with Gasteiger partial charge in [-0.25, -0.2) is 0 Å². The van der Waals surface area contributed by atoms with Crippen molar-refractivity contribution in [2.75, 3.05) is 13.1 Å². The zero-order valence-corrected chi connectivity index (χ0v) is 13.4. The Kier molecular flexibility index (Phi) is 6.13. The van der Waals surface area contributed by atoms with Gasteiger partial charge in [0, 0.05) is 30.7 Å². The molecule has 0 aromatic rings. The lowest BCUT2D eigenvalue weighted by Crippen LogP contribution is -2.64. The van der Waals surface area contributed by atoms with E-state index in [-0.39, 0.29) is 0 Å². The van der Waals surface area contributed by atoms with Crippen LogP contribution in [0.4, 0.5) is 0 Å². The van der Waals surface area contributed by atoms with Gasteiger partial charge >= 0.3 is 0 Å². The van der Waals surface area contributed by atoms with Crippen LogP contribution in [0.5, 0.6) is 0 Å². The summed E-state index contributed by atoms with van der Waals surface area (Å²) in [7, 11) is 0. The highest BCUT2D eigenvalue weighted by Crippen LogP contribution is 2.32. The zero-order valence-electron chi connectivity index (χ0n) is 13.4.